The standard InChI is InChI=1S/C19H30O3.C7H6O2/c1-2-3-4-5-6-7-8-9-10-11-16-22-18-14-12-17(13-15-18)19(20)21;8-7(9)6-4-2-1-3-5-6/h12-15H,2-11,16H2,1H3,(H,20,21);1-5H,(H,8,9). The van der Waals surface area contributed by atoms with Crippen LogP contribution >= 0.6 is 0 Å². The van der Waals surface area contributed by atoms with E-state index in [0.717, 1.165) is 12.2 Å². The van der Waals surface area contributed by atoms with Gasteiger partial charge in [-0.25, -0.2) is 9.59 Å². The smallest absolute Gasteiger partial charge is 0.335 e. The molecular weight excluding hydrogens is 392 g/mol. The zero-order valence-corrected chi connectivity index (χ0v) is 18.6. The van der Waals surface area contributed by atoms with E-state index in [2.05, 4.69) is 6.92 Å². The molecule has 0 amide bonds. The molecule has 0 spiro atoms. The molecule has 31 heavy (non-hydrogen) atoms. The molecule has 0 bridgehead atoms. The van der Waals surface area contributed by atoms with Crippen molar-refractivity contribution < 1.29 is 24.5 Å². The molecule has 0 aromatic heterocycles. The molecule has 0 saturated carbocycles. The van der Waals surface area contributed by atoms with Gasteiger partial charge in [-0.1, -0.05) is 82.9 Å². The fourth-order valence-corrected chi connectivity index (χ4v) is 3.05. The Bertz CT molecular complexity index is 725. The normalized spacial score (nSPS) is 10.1. The molecule has 0 aliphatic carbocycles. The van der Waals surface area contributed by atoms with Gasteiger partial charge < -0.3 is 14.9 Å². The summed E-state index contributed by atoms with van der Waals surface area (Å²) in [5.41, 5.74) is 0.629. The van der Waals surface area contributed by atoms with Crippen LogP contribution in [0.5, 0.6) is 5.75 Å². The predicted molar refractivity (Wildman–Crippen MR) is 124 cm³/mol. The number of rotatable bonds is 14. The van der Waals surface area contributed by atoms with Crippen molar-refractivity contribution in [3.63, 3.8) is 0 Å². The van der Waals surface area contributed by atoms with Crippen LogP contribution in [0.15, 0.2) is 54.6 Å². The highest BCUT2D eigenvalue weighted by atomic mass is 16.5. The van der Waals surface area contributed by atoms with E-state index < -0.39 is 11.9 Å². The topological polar surface area (TPSA) is 83.8 Å². The van der Waals surface area contributed by atoms with Crippen LogP contribution in [0.2, 0.25) is 0 Å². The summed E-state index contributed by atoms with van der Waals surface area (Å²) in [5.74, 6) is -1.03. The fraction of sp³-hybridized carbons (Fsp3) is 0.462. The SMILES string of the molecule is CCCCCCCCCCCCOc1ccc(C(=O)O)cc1.O=C(O)c1ccccc1. The zero-order valence-electron chi connectivity index (χ0n) is 18.6. The first-order valence-electron chi connectivity index (χ1n) is 11.3. The molecule has 0 fully saturated rings. The first kappa shape index (κ1) is 26.2. The van der Waals surface area contributed by atoms with Crippen molar-refractivity contribution in [2.24, 2.45) is 0 Å². The molecule has 5 heteroatoms. The average Bonchev–Trinajstić information content (AvgIpc) is 2.79. The van der Waals surface area contributed by atoms with E-state index in [1.165, 1.54) is 57.8 Å². The highest BCUT2D eigenvalue weighted by Crippen LogP contribution is 2.14. The van der Waals surface area contributed by atoms with Gasteiger partial charge in [0.2, 0.25) is 0 Å². The Balaban J connectivity index is 0.000000442. The maximum absolute atomic E-state index is 10.7. The Morgan fingerprint density at radius 1 is 0.645 bits per heavy atom. The lowest BCUT2D eigenvalue weighted by atomic mass is 10.1. The second-order valence-electron chi connectivity index (χ2n) is 7.53. The minimum atomic E-state index is -0.902. The Hall–Kier alpha value is -2.82. The monoisotopic (exact) mass is 428 g/mol. The van der Waals surface area contributed by atoms with E-state index in [1.54, 1.807) is 54.6 Å². The summed E-state index contributed by atoms with van der Waals surface area (Å²) in [5, 5.41) is 17.2. The van der Waals surface area contributed by atoms with Crippen molar-refractivity contribution in [1.82, 2.24) is 0 Å². The third kappa shape index (κ3) is 13.2. The van der Waals surface area contributed by atoms with Crippen molar-refractivity contribution >= 4 is 11.9 Å². The van der Waals surface area contributed by atoms with Gasteiger partial charge >= 0.3 is 11.9 Å². The van der Waals surface area contributed by atoms with Crippen molar-refractivity contribution in [2.45, 2.75) is 71.1 Å². The summed E-state index contributed by atoms with van der Waals surface area (Å²) in [6.45, 7) is 2.96. The predicted octanol–water partition coefficient (Wildman–Crippen LogP) is 7.07. The third-order valence-corrected chi connectivity index (χ3v) is 4.89. The molecule has 0 unspecified atom stereocenters. The Morgan fingerprint density at radius 3 is 1.55 bits per heavy atom. The number of hydrogen-bond donors (Lipinski definition) is 2. The summed E-state index contributed by atoms with van der Waals surface area (Å²) in [7, 11) is 0. The van der Waals surface area contributed by atoms with E-state index in [1.807, 2.05) is 0 Å². The van der Waals surface area contributed by atoms with Crippen LogP contribution in [0.25, 0.3) is 0 Å². The lowest BCUT2D eigenvalue weighted by Gasteiger charge is -2.06. The number of unbranched alkanes of at least 4 members (excludes halogenated alkanes) is 9. The van der Waals surface area contributed by atoms with E-state index >= 15 is 0 Å². The van der Waals surface area contributed by atoms with Gasteiger partial charge in [0, 0.05) is 0 Å². The van der Waals surface area contributed by atoms with E-state index in [0.29, 0.717) is 17.7 Å². The molecule has 0 radical (unpaired) electrons. The largest absolute Gasteiger partial charge is 0.494 e. The number of ether oxygens (including phenoxy) is 1. The first-order chi connectivity index (χ1) is 15.0. The summed E-state index contributed by atoms with van der Waals surface area (Å²) in [6, 6.07) is 14.9. The van der Waals surface area contributed by atoms with Gasteiger partial charge in [-0.05, 0) is 42.8 Å². The molecule has 0 aliphatic rings. The van der Waals surface area contributed by atoms with Gasteiger partial charge in [-0.3, -0.25) is 0 Å². The first-order valence-corrected chi connectivity index (χ1v) is 11.3. The number of benzene rings is 2. The van der Waals surface area contributed by atoms with E-state index in [4.69, 9.17) is 14.9 Å². The van der Waals surface area contributed by atoms with E-state index in [-0.39, 0.29) is 0 Å². The average molecular weight is 429 g/mol. The summed E-state index contributed by atoms with van der Waals surface area (Å²) < 4.78 is 5.62. The van der Waals surface area contributed by atoms with Crippen LogP contribution in [-0.2, 0) is 0 Å². The third-order valence-electron chi connectivity index (χ3n) is 4.89. The maximum atomic E-state index is 10.7. The number of aromatic carboxylic acids is 2. The highest BCUT2D eigenvalue weighted by molar-refractivity contribution is 5.87. The number of carboxylic acids is 2. The van der Waals surface area contributed by atoms with Gasteiger partial charge in [-0.2, -0.15) is 0 Å². The van der Waals surface area contributed by atoms with Crippen LogP contribution in [-0.4, -0.2) is 28.8 Å². The zero-order chi connectivity index (χ0) is 22.7. The molecule has 0 heterocycles. The second-order valence-corrected chi connectivity index (χ2v) is 7.53. The van der Waals surface area contributed by atoms with Crippen LogP contribution in [0.3, 0.4) is 0 Å². The fourth-order valence-electron chi connectivity index (χ4n) is 3.05. The summed E-state index contributed by atoms with van der Waals surface area (Å²) >= 11 is 0. The van der Waals surface area contributed by atoms with Gasteiger partial charge in [-0.15, -0.1) is 0 Å². The number of carbonyl (C=O) groups is 2. The lowest BCUT2D eigenvalue weighted by Crippen LogP contribution is -1.99. The highest BCUT2D eigenvalue weighted by Gasteiger charge is 2.02. The molecular formula is C26H36O5. The van der Waals surface area contributed by atoms with Gasteiger partial charge in [0.1, 0.15) is 5.75 Å². The molecule has 0 saturated heterocycles. The molecule has 0 aliphatic heterocycles. The minimum Gasteiger partial charge on any atom is -0.494 e. The Kier molecular flexibility index (Phi) is 14.3. The lowest BCUT2D eigenvalue weighted by molar-refractivity contribution is 0.0686. The molecule has 2 N–H and O–H groups in total. The number of hydrogen-bond acceptors (Lipinski definition) is 3. The summed E-state index contributed by atoms with van der Waals surface area (Å²) in [4.78, 5) is 20.9. The van der Waals surface area contributed by atoms with Crippen LogP contribution in [0.1, 0.15) is 91.8 Å². The molecule has 0 atom stereocenters. The van der Waals surface area contributed by atoms with Crippen molar-refractivity contribution in [3.8, 4) is 5.75 Å². The van der Waals surface area contributed by atoms with Gasteiger partial charge in [0.25, 0.3) is 0 Å². The van der Waals surface area contributed by atoms with Crippen LogP contribution in [0.4, 0.5) is 0 Å². The Labute approximate surface area is 186 Å². The van der Waals surface area contributed by atoms with Crippen molar-refractivity contribution in [1.29, 1.82) is 0 Å². The summed E-state index contributed by atoms with van der Waals surface area (Å²) in [6.07, 6.45) is 13.1. The van der Waals surface area contributed by atoms with Gasteiger partial charge in [0.05, 0.1) is 17.7 Å². The molecule has 2 rings (SSSR count). The molecule has 5 nitrogen and oxygen atoms in total. The quantitative estimate of drug-likeness (QED) is 0.314. The van der Waals surface area contributed by atoms with Crippen LogP contribution in [0, 0.1) is 0 Å². The maximum Gasteiger partial charge on any atom is 0.335 e. The van der Waals surface area contributed by atoms with Gasteiger partial charge in [0.15, 0.2) is 0 Å². The van der Waals surface area contributed by atoms with Crippen molar-refractivity contribution in [2.75, 3.05) is 6.61 Å². The van der Waals surface area contributed by atoms with E-state index in [9.17, 15) is 9.59 Å². The second kappa shape index (κ2) is 16.9. The number of carboxylic acid groups (broad SMARTS) is 2. The van der Waals surface area contributed by atoms with Crippen molar-refractivity contribution in [3.05, 3.63) is 65.7 Å². The molecule has 2 aromatic carbocycles. The molecule has 2 aromatic rings. The molecule has 170 valence electrons. The Morgan fingerprint density at radius 2 is 1.10 bits per heavy atom. The van der Waals surface area contributed by atoms with Crippen LogP contribution < -0.4 is 4.74 Å². The minimum absolute atomic E-state index is 0.297.